The standard InChI is InChI=1S/C19H26N2O2/c1-5-8-15-13-16(17-9-6-7-10-20-17)19(22-4)14-18(15)23-12-11-21(2)3/h6-7,9-10,13-14H,5,8,11-12H2,1-4H3. The molecule has 0 aliphatic rings. The minimum Gasteiger partial charge on any atom is -0.496 e. The second-order valence-corrected chi connectivity index (χ2v) is 5.78. The van der Waals surface area contributed by atoms with E-state index in [0.29, 0.717) is 6.61 Å². The van der Waals surface area contributed by atoms with E-state index < -0.39 is 0 Å². The lowest BCUT2D eigenvalue weighted by molar-refractivity contribution is 0.258. The lowest BCUT2D eigenvalue weighted by atomic mass is 10.0. The van der Waals surface area contributed by atoms with Gasteiger partial charge in [-0.2, -0.15) is 0 Å². The van der Waals surface area contributed by atoms with Gasteiger partial charge in [-0.05, 0) is 44.3 Å². The molecule has 0 atom stereocenters. The molecule has 1 heterocycles. The van der Waals surface area contributed by atoms with Crippen molar-refractivity contribution in [2.75, 3.05) is 34.4 Å². The Kier molecular flexibility index (Phi) is 6.41. The van der Waals surface area contributed by atoms with E-state index in [9.17, 15) is 0 Å². The fourth-order valence-electron chi connectivity index (χ4n) is 2.43. The molecule has 2 rings (SSSR count). The first-order valence-electron chi connectivity index (χ1n) is 8.05. The van der Waals surface area contributed by atoms with Gasteiger partial charge in [0.25, 0.3) is 0 Å². The van der Waals surface area contributed by atoms with Crippen molar-refractivity contribution in [3.8, 4) is 22.8 Å². The predicted molar refractivity (Wildman–Crippen MR) is 94.3 cm³/mol. The molecule has 0 aliphatic carbocycles. The molecular weight excluding hydrogens is 288 g/mol. The highest BCUT2D eigenvalue weighted by molar-refractivity contribution is 5.70. The topological polar surface area (TPSA) is 34.6 Å². The van der Waals surface area contributed by atoms with Crippen molar-refractivity contribution in [1.29, 1.82) is 0 Å². The Balaban J connectivity index is 2.36. The van der Waals surface area contributed by atoms with E-state index in [-0.39, 0.29) is 0 Å². The second-order valence-electron chi connectivity index (χ2n) is 5.78. The van der Waals surface area contributed by atoms with Gasteiger partial charge < -0.3 is 14.4 Å². The molecule has 0 radical (unpaired) electrons. The number of methoxy groups -OCH3 is 1. The zero-order chi connectivity index (χ0) is 16.7. The molecule has 1 aromatic heterocycles. The first kappa shape index (κ1) is 17.3. The minimum atomic E-state index is 0.663. The summed E-state index contributed by atoms with van der Waals surface area (Å²) in [6.45, 7) is 3.72. The van der Waals surface area contributed by atoms with Crippen LogP contribution in [-0.4, -0.2) is 44.2 Å². The number of benzene rings is 1. The summed E-state index contributed by atoms with van der Waals surface area (Å²) >= 11 is 0. The summed E-state index contributed by atoms with van der Waals surface area (Å²) in [4.78, 5) is 6.56. The van der Waals surface area contributed by atoms with Crippen LogP contribution in [-0.2, 0) is 6.42 Å². The molecule has 0 unspecified atom stereocenters. The fourth-order valence-corrected chi connectivity index (χ4v) is 2.43. The van der Waals surface area contributed by atoms with Crippen molar-refractivity contribution in [1.82, 2.24) is 9.88 Å². The normalized spacial score (nSPS) is 10.8. The van der Waals surface area contributed by atoms with E-state index in [1.807, 2.05) is 38.4 Å². The largest absolute Gasteiger partial charge is 0.496 e. The minimum absolute atomic E-state index is 0.663. The maximum Gasteiger partial charge on any atom is 0.131 e. The van der Waals surface area contributed by atoms with Crippen molar-refractivity contribution < 1.29 is 9.47 Å². The predicted octanol–water partition coefficient (Wildman–Crippen LogP) is 3.65. The molecule has 0 fully saturated rings. The van der Waals surface area contributed by atoms with Crippen LogP contribution in [0.2, 0.25) is 0 Å². The Morgan fingerprint density at radius 2 is 1.96 bits per heavy atom. The summed E-state index contributed by atoms with van der Waals surface area (Å²) in [7, 11) is 5.77. The number of likely N-dealkylation sites (N-methyl/N-ethyl adjacent to an activating group) is 1. The zero-order valence-corrected chi connectivity index (χ0v) is 14.5. The second kappa shape index (κ2) is 8.53. The van der Waals surface area contributed by atoms with E-state index in [1.165, 1.54) is 5.56 Å². The molecule has 0 bridgehead atoms. The summed E-state index contributed by atoms with van der Waals surface area (Å²) in [6, 6.07) is 10.0. The molecule has 23 heavy (non-hydrogen) atoms. The Labute approximate surface area is 139 Å². The van der Waals surface area contributed by atoms with E-state index in [1.54, 1.807) is 13.3 Å². The van der Waals surface area contributed by atoms with E-state index in [0.717, 1.165) is 42.1 Å². The summed E-state index contributed by atoms with van der Waals surface area (Å²) < 4.78 is 11.6. The summed E-state index contributed by atoms with van der Waals surface area (Å²) in [5, 5.41) is 0. The van der Waals surface area contributed by atoms with Crippen molar-refractivity contribution in [3.05, 3.63) is 42.1 Å². The van der Waals surface area contributed by atoms with Gasteiger partial charge in [-0.15, -0.1) is 0 Å². The van der Waals surface area contributed by atoms with Gasteiger partial charge in [0.15, 0.2) is 0 Å². The summed E-state index contributed by atoms with van der Waals surface area (Å²) in [5.41, 5.74) is 3.13. The number of aromatic nitrogens is 1. The Bertz CT molecular complexity index is 612. The van der Waals surface area contributed by atoms with Crippen LogP contribution in [0.25, 0.3) is 11.3 Å². The lowest BCUT2D eigenvalue weighted by Gasteiger charge is -2.17. The van der Waals surface area contributed by atoms with Crippen molar-refractivity contribution >= 4 is 0 Å². The molecule has 1 aromatic carbocycles. The lowest BCUT2D eigenvalue weighted by Crippen LogP contribution is -2.19. The van der Waals surface area contributed by atoms with Gasteiger partial charge in [-0.25, -0.2) is 0 Å². The van der Waals surface area contributed by atoms with Gasteiger partial charge in [0.1, 0.15) is 18.1 Å². The number of hydrogen-bond acceptors (Lipinski definition) is 4. The highest BCUT2D eigenvalue weighted by Crippen LogP contribution is 2.35. The average molecular weight is 314 g/mol. The number of rotatable bonds is 8. The third-order valence-electron chi connectivity index (χ3n) is 3.64. The van der Waals surface area contributed by atoms with Gasteiger partial charge in [0.2, 0.25) is 0 Å². The van der Waals surface area contributed by atoms with Crippen LogP contribution >= 0.6 is 0 Å². The number of hydrogen-bond donors (Lipinski definition) is 0. The number of aryl methyl sites for hydroxylation is 1. The maximum absolute atomic E-state index is 5.99. The molecule has 4 nitrogen and oxygen atoms in total. The van der Waals surface area contributed by atoms with Crippen LogP contribution in [0.1, 0.15) is 18.9 Å². The fraction of sp³-hybridized carbons (Fsp3) is 0.421. The van der Waals surface area contributed by atoms with Crippen LogP contribution < -0.4 is 9.47 Å². The first-order chi connectivity index (χ1) is 11.2. The molecule has 0 amide bonds. The van der Waals surface area contributed by atoms with Gasteiger partial charge in [0, 0.05) is 24.4 Å². The van der Waals surface area contributed by atoms with Crippen LogP contribution in [0.3, 0.4) is 0 Å². The van der Waals surface area contributed by atoms with Crippen molar-refractivity contribution in [2.45, 2.75) is 19.8 Å². The molecule has 0 saturated heterocycles. The third-order valence-corrected chi connectivity index (χ3v) is 3.64. The van der Waals surface area contributed by atoms with Gasteiger partial charge in [-0.3, -0.25) is 4.98 Å². The van der Waals surface area contributed by atoms with E-state index in [2.05, 4.69) is 22.9 Å². The molecule has 4 heteroatoms. The Hall–Kier alpha value is -2.07. The smallest absolute Gasteiger partial charge is 0.131 e. The summed E-state index contributed by atoms with van der Waals surface area (Å²) in [5.74, 6) is 1.70. The number of pyridine rings is 1. The van der Waals surface area contributed by atoms with Crippen LogP contribution in [0.4, 0.5) is 0 Å². The SMILES string of the molecule is CCCc1cc(-c2ccccn2)c(OC)cc1OCCN(C)C. The first-order valence-corrected chi connectivity index (χ1v) is 8.05. The Morgan fingerprint density at radius 3 is 2.57 bits per heavy atom. The van der Waals surface area contributed by atoms with E-state index in [4.69, 9.17) is 9.47 Å². The number of ether oxygens (including phenoxy) is 2. The quantitative estimate of drug-likeness (QED) is 0.745. The maximum atomic E-state index is 5.99. The van der Waals surface area contributed by atoms with Crippen molar-refractivity contribution in [2.24, 2.45) is 0 Å². The third kappa shape index (κ3) is 4.70. The monoisotopic (exact) mass is 314 g/mol. The number of nitrogens with zero attached hydrogens (tertiary/aromatic N) is 2. The summed E-state index contributed by atoms with van der Waals surface area (Å²) in [6.07, 6.45) is 3.84. The van der Waals surface area contributed by atoms with E-state index >= 15 is 0 Å². The molecule has 0 spiro atoms. The molecule has 124 valence electrons. The van der Waals surface area contributed by atoms with Gasteiger partial charge in [-0.1, -0.05) is 19.4 Å². The Morgan fingerprint density at radius 1 is 1.13 bits per heavy atom. The van der Waals surface area contributed by atoms with Crippen LogP contribution in [0, 0.1) is 0 Å². The van der Waals surface area contributed by atoms with Gasteiger partial charge in [0.05, 0.1) is 12.8 Å². The molecule has 0 aliphatic heterocycles. The van der Waals surface area contributed by atoms with Crippen LogP contribution in [0.15, 0.2) is 36.5 Å². The molecular formula is C19H26N2O2. The van der Waals surface area contributed by atoms with Crippen molar-refractivity contribution in [3.63, 3.8) is 0 Å². The van der Waals surface area contributed by atoms with Crippen LogP contribution in [0.5, 0.6) is 11.5 Å². The molecule has 0 saturated carbocycles. The average Bonchev–Trinajstić information content (AvgIpc) is 2.56. The van der Waals surface area contributed by atoms with Gasteiger partial charge >= 0.3 is 0 Å². The zero-order valence-electron chi connectivity index (χ0n) is 14.5. The highest BCUT2D eigenvalue weighted by Gasteiger charge is 2.13. The molecule has 0 N–H and O–H groups in total. The molecule has 2 aromatic rings. The highest BCUT2D eigenvalue weighted by atomic mass is 16.5.